The monoisotopic (exact) mass is 254 g/mol. The topological polar surface area (TPSA) is 63.0 Å². The van der Waals surface area contributed by atoms with E-state index in [0.717, 1.165) is 0 Å². The Balaban J connectivity index is 3.15. The van der Waals surface area contributed by atoms with Crippen LogP contribution in [0, 0.1) is 18.3 Å². The third-order valence-electron chi connectivity index (χ3n) is 2.29. The molecular formula is C12H12F2N2O2. The number of alkyl halides is 2. The molecule has 0 spiro atoms. The zero-order chi connectivity index (χ0) is 13.7. The Hall–Kier alpha value is -2.03. The second kappa shape index (κ2) is 6.05. The number of carbonyl (C=O) groups excluding carboxylic acids is 1. The van der Waals surface area contributed by atoms with Crippen LogP contribution in [-0.4, -0.2) is 17.6 Å². The molecule has 0 aliphatic heterocycles. The molecule has 0 unspecified atom stereocenters. The molecule has 0 bridgehead atoms. The van der Waals surface area contributed by atoms with Gasteiger partial charge in [0.2, 0.25) is 0 Å². The lowest BCUT2D eigenvalue weighted by Gasteiger charge is -2.09. The Morgan fingerprint density at radius 1 is 1.61 bits per heavy atom. The van der Waals surface area contributed by atoms with Crippen molar-refractivity contribution in [3.8, 4) is 6.07 Å². The third-order valence-corrected chi connectivity index (χ3v) is 2.29. The van der Waals surface area contributed by atoms with Crippen molar-refractivity contribution in [1.82, 2.24) is 4.98 Å². The van der Waals surface area contributed by atoms with Gasteiger partial charge in [-0.2, -0.15) is 5.26 Å². The highest BCUT2D eigenvalue weighted by Crippen LogP contribution is 2.23. The SMILES string of the molecule is CCOC(=O)Cc1cc(C#N)c(C)nc1C(F)F. The average molecular weight is 254 g/mol. The number of rotatable bonds is 4. The van der Waals surface area contributed by atoms with Crippen molar-refractivity contribution >= 4 is 5.97 Å². The first kappa shape index (κ1) is 14.0. The number of aryl methyl sites for hydroxylation is 1. The fourth-order valence-electron chi connectivity index (χ4n) is 1.48. The van der Waals surface area contributed by atoms with Crippen LogP contribution in [0.4, 0.5) is 8.78 Å². The molecule has 0 saturated heterocycles. The van der Waals surface area contributed by atoms with Crippen LogP contribution in [0.25, 0.3) is 0 Å². The average Bonchev–Trinajstić information content (AvgIpc) is 2.30. The van der Waals surface area contributed by atoms with E-state index >= 15 is 0 Å². The second-order valence-corrected chi connectivity index (χ2v) is 3.56. The Bertz CT molecular complexity index is 496. The quantitative estimate of drug-likeness (QED) is 0.773. The van der Waals surface area contributed by atoms with Gasteiger partial charge >= 0.3 is 5.97 Å². The van der Waals surface area contributed by atoms with Gasteiger partial charge in [-0.1, -0.05) is 0 Å². The summed E-state index contributed by atoms with van der Waals surface area (Å²) in [5.74, 6) is -0.617. The fourth-order valence-corrected chi connectivity index (χ4v) is 1.48. The van der Waals surface area contributed by atoms with E-state index in [4.69, 9.17) is 5.26 Å². The van der Waals surface area contributed by atoms with Gasteiger partial charge in [0.1, 0.15) is 11.8 Å². The summed E-state index contributed by atoms with van der Waals surface area (Å²) in [5.41, 5.74) is -0.0377. The maximum Gasteiger partial charge on any atom is 0.310 e. The zero-order valence-corrected chi connectivity index (χ0v) is 10.0. The molecule has 0 aliphatic carbocycles. The van der Waals surface area contributed by atoms with Crippen LogP contribution in [0.2, 0.25) is 0 Å². The van der Waals surface area contributed by atoms with Crippen LogP contribution in [-0.2, 0) is 16.0 Å². The number of esters is 1. The largest absolute Gasteiger partial charge is 0.466 e. The van der Waals surface area contributed by atoms with Crippen molar-refractivity contribution < 1.29 is 18.3 Å². The molecule has 0 amide bonds. The van der Waals surface area contributed by atoms with E-state index in [2.05, 4.69) is 9.72 Å². The Morgan fingerprint density at radius 2 is 2.28 bits per heavy atom. The summed E-state index contributed by atoms with van der Waals surface area (Å²) in [4.78, 5) is 15.0. The van der Waals surface area contributed by atoms with E-state index in [-0.39, 0.29) is 29.8 Å². The molecule has 6 heteroatoms. The van der Waals surface area contributed by atoms with Gasteiger partial charge in [-0.05, 0) is 25.5 Å². The number of hydrogen-bond acceptors (Lipinski definition) is 4. The molecule has 1 aromatic rings. The number of nitrogens with zero attached hydrogens (tertiary/aromatic N) is 2. The van der Waals surface area contributed by atoms with E-state index in [1.165, 1.54) is 13.0 Å². The van der Waals surface area contributed by atoms with Crippen molar-refractivity contribution in [1.29, 1.82) is 5.26 Å². The fraction of sp³-hybridized carbons (Fsp3) is 0.417. The number of pyridine rings is 1. The van der Waals surface area contributed by atoms with Crippen molar-refractivity contribution in [3.05, 3.63) is 28.6 Å². The minimum absolute atomic E-state index is 0.0330. The van der Waals surface area contributed by atoms with Gasteiger partial charge < -0.3 is 4.74 Å². The van der Waals surface area contributed by atoms with Crippen LogP contribution in [0.1, 0.15) is 35.9 Å². The first-order chi connectivity index (χ1) is 8.49. The van der Waals surface area contributed by atoms with Gasteiger partial charge in [-0.25, -0.2) is 8.78 Å². The molecule has 4 nitrogen and oxygen atoms in total. The third kappa shape index (κ3) is 3.23. The van der Waals surface area contributed by atoms with Crippen LogP contribution in [0.3, 0.4) is 0 Å². The molecule has 1 rings (SSSR count). The first-order valence-electron chi connectivity index (χ1n) is 5.33. The maximum atomic E-state index is 12.8. The summed E-state index contributed by atoms with van der Waals surface area (Å²) in [7, 11) is 0. The number of nitriles is 1. The highest BCUT2D eigenvalue weighted by Gasteiger charge is 2.19. The van der Waals surface area contributed by atoms with Gasteiger partial charge in [0.25, 0.3) is 6.43 Å². The lowest BCUT2D eigenvalue weighted by atomic mass is 10.1. The van der Waals surface area contributed by atoms with Crippen molar-refractivity contribution in [3.63, 3.8) is 0 Å². The van der Waals surface area contributed by atoms with Crippen molar-refractivity contribution in [2.45, 2.75) is 26.7 Å². The lowest BCUT2D eigenvalue weighted by molar-refractivity contribution is -0.142. The van der Waals surface area contributed by atoms with Crippen LogP contribution in [0.15, 0.2) is 6.07 Å². The second-order valence-electron chi connectivity index (χ2n) is 3.56. The molecule has 0 saturated carbocycles. The maximum absolute atomic E-state index is 12.8. The predicted molar refractivity (Wildman–Crippen MR) is 59.0 cm³/mol. The summed E-state index contributed by atoms with van der Waals surface area (Å²) in [6, 6.07) is 3.11. The number of hydrogen-bond donors (Lipinski definition) is 0. The van der Waals surface area contributed by atoms with Gasteiger partial charge in [0.15, 0.2) is 0 Å². The summed E-state index contributed by atoms with van der Waals surface area (Å²) in [6.07, 6.45) is -3.10. The molecule has 0 N–H and O–H groups in total. The van der Waals surface area contributed by atoms with E-state index in [9.17, 15) is 13.6 Å². The Labute approximate surface area is 103 Å². The summed E-state index contributed by atoms with van der Waals surface area (Å²) >= 11 is 0. The molecule has 0 atom stereocenters. The van der Waals surface area contributed by atoms with E-state index < -0.39 is 18.1 Å². The smallest absolute Gasteiger partial charge is 0.310 e. The lowest BCUT2D eigenvalue weighted by Crippen LogP contribution is -2.11. The van der Waals surface area contributed by atoms with Gasteiger partial charge in [0, 0.05) is 0 Å². The normalized spacial score (nSPS) is 10.2. The molecule has 0 aliphatic rings. The van der Waals surface area contributed by atoms with Crippen LogP contribution < -0.4 is 0 Å². The minimum Gasteiger partial charge on any atom is -0.466 e. The van der Waals surface area contributed by atoms with Crippen molar-refractivity contribution in [2.24, 2.45) is 0 Å². The van der Waals surface area contributed by atoms with Crippen LogP contribution in [0.5, 0.6) is 0 Å². The van der Waals surface area contributed by atoms with E-state index in [0.29, 0.717) is 0 Å². The number of aromatic nitrogens is 1. The molecule has 1 heterocycles. The number of ether oxygens (including phenoxy) is 1. The summed E-state index contributed by atoms with van der Waals surface area (Å²) in [6.45, 7) is 3.27. The molecule has 0 fully saturated rings. The molecule has 0 aromatic carbocycles. The van der Waals surface area contributed by atoms with Crippen LogP contribution >= 0.6 is 0 Å². The zero-order valence-electron chi connectivity index (χ0n) is 10.0. The highest BCUT2D eigenvalue weighted by molar-refractivity contribution is 5.73. The van der Waals surface area contributed by atoms with Crippen molar-refractivity contribution in [2.75, 3.05) is 6.61 Å². The van der Waals surface area contributed by atoms with Gasteiger partial charge in [-0.15, -0.1) is 0 Å². The Morgan fingerprint density at radius 3 is 2.78 bits per heavy atom. The van der Waals surface area contributed by atoms with Gasteiger partial charge in [0.05, 0.1) is 24.3 Å². The summed E-state index contributed by atoms with van der Waals surface area (Å²) in [5, 5.41) is 8.82. The van der Waals surface area contributed by atoms with E-state index in [1.54, 1.807) is 6.92 Å². The number of carbonyl (C=O) groups is 1. The first-order valence-corrected chi connectivity index (χ1v) is 5.33. The summed E-state index contributed by atoms with van der Waals surface area (Å²) < 4.78 is 30.3. The van der Waals surface area contributed by atoms with Gasteiger partial charge in [-0.3, -0.25) is 9.78 Å². The molecular weight excluding hydrogens is 242 g/mol. The highest BCUT2D eigenvalue weighted by atomic mass is 19.3. The predicted octanol–water partition coefficient (Wildman–Crippen LogP) is 2.30. The Kier molecular flexibility index (Phi) is 4.72. The molecule has 0 radical (unpaired) electrons. The standard InChI is InChI=1S/C12H12F2N2O2/c1-3-18-10(17)5-8-4-9(6-15)7(2)16-11(8)12(13)14/h4,12H,3,5H2,1-2H3. The molecule has 18 heavy (non-hydrogen) atoms. The molecule has 1 aromatic heterocycles. The molecule has 96 valence electrons. The van der Waals surface area contributed by atoms with E-state index in [1.807, 2.05) is 6.07 Å². The number of halogens is 2. The minimum atomic E-state index is -2.79.